The monoisotopic (exact) mass is 257 g/mol. The van der Waals surface area contributed by atoms with Gasteiger partial charge in [-0.2, -0.15) is 0 Å². The van der Waals surface area contributed by atoms with Gasteiger partial charge in [-0.3, -0.25) is 4.79 Å². The van der Waals surface area contributed by atoms with Crippen molar-refractivity contribution < 1.29 is 4.79 Å². The number of hydrogen-bond acceptors (Lipinski definition) is 2. The quantitative estimate of drug-likeness (QED) is 0.432. The lowest BCUT2D eigenvalue weighted by molar-refractivity contribution is 0.104. The Morgan fingerprint density at radius 3 is 2.74 bits per heavy atom. The van der Waals surface area contributed by atoms with Crippen molar-refractivity contribution in [2.24, 2.45) is 0 Å². The van der Waals surface area contributed by atoms with Crippen molar-refractivity contribution in [1.29, 1.82) is 0 Å². The summed E-state index contributed by atoms with van der Waals surface area (Å²) in [5.41, 5.74) is 1.95. The maximum absolute atomic E-state index is 12.3. The molecule has 1 saturated heterocycles. The first-order valence-electron chi connectivity index (χ1n) is 7.37. The second-order valence-corrected chi connectivity index (χ2v) is 5.12. The number of rotatable bonds is 6. The molecule has 0 radical (unpaired) electrons. The molecule has 102 valence electrons. The van der Waals surface area contributed by atoms with Gasteiger partial charge in [0.05, 0.1) is 0 Å². The highest BCUT2D eigenvalue weighted by Gasteiger charge is 2.17. The lowest BCUT2D eigenvalue weighted by atomic mass is 10.1. The number of ketones is 1. The zero-order valence-corrected chi connectivity index (χ0v) is 11.8. The first kappa shape index (κ1) is 13.9. The highest BCUT2D eigenvalue weighted by atomic mass is 16.1. The fourth-order valence-electron chi connectivity index (χ4n) is 2.52. The average Bonchev–Trinajstić information content (AvgIpc) is 2.97. The van der Waals surface area contributed by atoms with E-state index >= 15 is 0 Å². The van der Waals surface area contributed by atoms with Crippen LogP contribution in [-0.2, 0) is 0 Å². The Morgan fingerprint density at radius 2 is 2.00 bits per heavy atom. The summed E-state index contributed by atoms with van der Waals surface area (Å²) in [4.78, 5) is 14.6. The van der Waals surface area contributed by atoms with Crippen LogP contribution >= 0.6 is 0 Å². The van der Waals surface area contributed by atoms with Gasteiger partial charge in [0.25, 0.3) is 0 Å². The van der Waals surface area contributed by atoms with Crippen molar-refractivity contribution in [3.8, 4) is 0 Å². The van der Waals surface area contributed by atoms with E-state index in [1.165, 1.54) is 19.3 Å². The van der Waals surface area contributed by atoms with Crippen molar-refractivity contribution in [3.63, 3.8) is 0 Å². The van der Waals surface area contributed by atoms with Crippen LogP contribution < -0.4 is 4.90 Å². The Bertz CT molecular complexity index is 444. The number of carbonyl (C=O) groups excluding carboxylic acids is 1. The molecule has 2 heteroatoms. The van der Waals surface area contributed by atoms with Gasteiger partial charge in [-0.1, -0.05) is 38.0 Å². The van der Waals surface area contributed by atoms with Crippen molar-refractivity contribution in [3.05, 3.63) is 42.0 Å². The molecule has 1 aromatic carbocycles. The molecule has 1 aromatic rings. The van der Waals surface area contributed by atoms with Crippen molar-refractivity contribution >= 4 is 11.5 Å². The van der Waals surface area contributed by atoms with Gasteiger partial charge in [-0.25, -0.2) is 0 Å². The van der Waals surface area contributed by atoms with Gasteiger partial charge in [0.15, 0.2) is 5.78 Å². The predicted molar refractivity (Wildman–Crippen MR) is 80.9 cm³/mol. The van der Waals surface area contributed by atoms with Crippen molar-refractivity contribution in [2.75, 3.05) is 18.0 Å². The van der Waals surface area contributed by atoms with Gasteiger partial charge < -0.3 is 4.90 Å². The molecule has 1 aliphatic rings. The minimum absolute atomic E-state index is 0.138. The van der Waals surface area contributed by atoms with Gasteiger partial charge in [0.2, 0.25) is 0 Å². The molecule has 0 bridgehead atoms. The number of carbonyl (C=O) groups is 1. The van der Waals surface area contributed by atoms with E-state index in [0.29, 0.717) is 0 Å². The predicted octanol–water partition coefficient (Wildman–Crippen LogP) is 4.22. The van der Waals surface area contributed by atoms with Crippen LogP contribution in [-0.4, -0.2) is 18.9 Å². The summed E-state index contributed by atoms with van der Waals surface area (Å²) in [7, 11) is 0. The molecule has 1 fully saturated rings. The van der Waals surface area contributed by atoms with E-state index in [2.05, 4.69) is 17.9 Å². The van der Waals surface area contributed by atoms with Crippen LogP contribution in [0.15, 0.2) is 36.4 Å². The fraction of sp³-hybridized carbons (Fsp3) is 0.471. The van der Waals surface area contributed by atoms with E-state index in [9.17, 15) is 4.79 Å². The molecular formula is C17H23NO. The summed E-state index contributed by atoms with van der Waals surface area (Å²) in [6.45, 7) is 4.31. The number of nitrogens with zero attached hydrogens (tertiary/aromatic N) is 1. The fourth-order valence-corrected chi connectivity index (χ4v) is 2.52. The molecule has 0 N–H and O–H groups in total. The lowest BCUT2D eigenvalue weighted by Crippen LogP contribution is -2.20. The second-order valence-electron chi connectivity index (χ2n) is 5.12. The highest BCUT2D eigenvalue weighted by Crippen LogP contribution is 2.25. The Morgan fingerprint density at radius 1 is 1.26 bits per heavy atom. The van der Waals surface area contributed by atoms with E-state index in [1.54, 1.807) is 6.08 Å². The smallest absolute Gasteiger partial charge is 0.187 e. The molecule has 0 atom stereocenters. The molecule has 0 saturated carbocycles. The maximum atomic E-state index is 12.3. The molecule has 2 rings (SSSR count). The number of hydrogen-bond donors (Lipinski definition) is 0. The zero-order chi connectivity index (χ0) is 13.5. The third-order valence-electron chi connectivity index (χ3n) is 3.61. The summed E-state index contributed by atoms with van der Waals surface area (Å²) in [5, 5.41) is 0. The second kappa shape index (κ2) is 7.13. The van der Waals surface area contributed by atoms with Crippen LogP contribution in [0.3, 0.4) is 0 Å². The Labute approximate surface area is 116 Å². The zero-order valence-electron chi connectivity index (χ0n) is 11.8. The van der Waals surface area contributed by atoms with Crippen LogP contribution in [0.4, 0.5) is 5.69 Å². The van der Waals surface area contributed by atoms with E-state index in [0.717, 1.165) is 37.2 Å². The van der Waals surface area contributed by atoms with E-state index in [-0.39, 0.29) is 5.78 Å². The summed E-state index contributed by atoms with van der Waals surface area (Å²) in [6.07, 6.45) is 9.52. The van der Waals surface area contributed by atoms with Crippen LogP contribution in [0, 0.1) is 0 Å². The minimum atomic E-state index is 0.138. The molecule has 0 aliphatic carbocycles. The summed E-state index contributed by atoms with van der Waals surface area (Å²) in [6, 6.07) is 7.98. The largest absolute Gasteiger partial charge is 0.371 e. The molecule has 0 spiro atoms. The van der Waals surface area contributed by atoms with Gasteiger partial charge in [0.1, 0.15) is 0 Å². The van der Waals surface area contributed by atoms with Gasteiger partial charge in [0, 0.05) is 24.3 Å². The molecule has 2 nitrogen and oxygen atoms in total. The minimum Gasteiger partial charge on any atom is -0.371 e. The van der Waals surface area contributed by atoms with E-state index in [4.69, 9.17) is 0 Å². The number of anilines is 1. The number of unbranched alkanes of at least 4 members (excludes halogenated alkanes) is 2. The maximum Gasteiger partial charge on any atom is 0.187 e. The summed E-state index contributed by atoms with van der Waals surface area (Å²) in [5.74, 6) is 0.138. The van der Waals surface area contributed by atoms with Crippen LogP contribution in [0.5, 0.6) is 0 Å². The SMILES string of the molecule is CCCC/C=C/C(=O)c1ccccc1N1CCCC1. The Kier molecular flexibility index (Phi) is 5.20. The van der Waals surface area contributed by atoms with Crippen LogP contribution in [0.25, 0.3) is 0 Å². The lowest BCUT2D eigenvalue weighted by Gasteiger charge is -2.20. The normalized spacial score (nSPS) is 15.3. The van der Waals surface area contributed by atoms with Crippen molar-refractivity contribution in [2.45, 2.75) is 39.0 Å². The van der Waals surface area contributed by atoms with Gasteiger partial charge in [-0.15, -0.1) is 0 Å². The third kappa shape index (κ3) is 3.69. The highest BCUT2D eigenvalue weighted by molar-refractivity contribution is 6.08. The van der Waals surface area contributed by atoms with Crippen LogP contribution in [0.2, 0.25) is 0 Å². The molecule has 1 aliphatic heterocycles. The molecular weight excluding hydrogens is 234 g/mol. The summed E-state index contributed by atoms with van der Waals surface area (Å²) < 4.78 is 0. The average molecular weight is 257 g/mol. The van der Waals surface area contributed by atoms with Gasteiger partial charge >= 0.3 is 0 Å². The molecule has 1 heterocycles. The standard InChI is InChI=1S/C17H23NO/c1-2-3-4-5-12-17(19)15-10-6-7-11-16(15)18-13-8-9-14-18/h5-7,10-12H,2-4,8-9,13-14H2,1H3/b12-5+. The summed E-state index contributed by atoms with van der Waals surface area (Å²) >= 11 is 0. The number of para-hydroxylation sites is 1. The number of allylic oxidation sites excluding steroid dienone is 2. The van der Waals surface area contributed by atoms with Crippen LogP contribution in [0.1, 0.15) is 49.4 Å². The van der Waals surface area contributed by atoms with E-state index in [1.807, 2.05) is 24.3 Å². The van der Waals surface area contributed by atoms with Crippen molar-refractivity contribution in [1.82, 2.24) is 0 Å². The molecule has 0 amide bonds. The third-order valence-corrected chi connectivity index (χ3v) is 3.61. The molecule has 0 aromatic heterocycles. The Balaban J connectivity index is 2.10. The molecule has 0 unspecified atom stereocenters. The molecule has 19 heavy (non-hydrogen) atoms. The van der Waals surface area contributed by atoms with Gasteiger partial charge in [-0.05, 0) is 37.5 Å². The van der Waals surface area contributed by atoms with E-state index < -0.39 is 0 Å². The number of benzene rings is 1. The Hall–Kier alpha value is -1.57. The topological polar surface area (TPSA) is 20.3 Å². The first-order valence-corrected chi connectivity index (χ1v) is 7.37. The first-order chi connectivity index (χ1) is 9.33.